The van der Waals surface area contributed by atoms with Gasteiger partial charge in [0, 0.05) is 24.4 Å². The minimum Gasteiger partial charge on any atom is -0.493 e. The lowest BCUT2D eigenvalue weighted by Crippen LogP contribution is -2.27. The van der Waals surface area contributed by atoms with E-state index in [2.05, 4.69) is 15.1 Å². The minimum atomic E-state index is -0.487. The van der Waals surface area contributed by atoms with Crippen LogP contribution in [0, 0.1) is 0 Å². The van der Waals surface area contributed by atoms with Crippen LogP contribution in [-0.4, -0.2) is 60.0 Å². The van der Waals surface area contributed by atoms with E-state index < -0.39 is 5.69 Å². The molecule has 1 aliphatic carbocycles. The number of fused-ring (bicyclic) bond motifs is 1. The van der Waals surface area contributed by atoms with Gasteiger partial charge in [-0.05, 0) is 25.3 Å². The van der Waals surface area contributed by atoms with Crippen molar-refractivity contribution in [2.75, 3.05) is 18.0 Å². The van der Waals surface area contributed by atoms with E-state index in [9.17, 15) is 15.0 Å². The molecule has 4 heterocycles. The van der Waals surface area contributed by atoms with Gasteiger partial charge in [0.15, 0.2) is 11.1 Å². The highest BCUT2D eigenvalue weighted by Gasteiger charge is 2.24. The summed E-state index contributed by atoms with van der Waals surface area (Å²) in [5.41, 5.74) is 1.07. The predicted molar refractivity (Wildman–Crippen MR) is 96.3 cm³/mol. The third-order valence-electron chi connectivity index (χ3n) is 4.85. The first kappa shape index (κ1) is 16.1. The number of imidazole rings is 1. The van der Waals surface area contributed by atoms with Crippen LogP contribution in [-0.2, 0) is 0 Å². The van der Waals surface area contributed by atoms with E-state index >= 15 is 0 Å². The van der Waals surface area contributed by atoms with E-state index in [0.717, 1.165) is 25.2 Å². The third-order valence-corrected chi connectivity index (χ3v) is 4.85. The largest absolute Gasteiger partial charge is 0.493 e. The average Bonchev–Trinajstić information content (AvgIpc) is 3.04. The van der Waals surface area contributed by atoms with Crippen LogP contribution in [0.5, 0.6) is 5.88 Å². The Bertz CT molecular complexity index is 1190. The molecule has 10 nitrogen and oxygen atoms in total. The smallest absolute Gasteiger partial charge is 0.326 e. The summed E-state index contributed by atoms with van der Waals surface area (Å²) in [5.74, 6) is 0.501. The zero-order valence-electron chi connectivity index (χ0n) is 14.5. The lowest BCUT2D eigenvalue weighted by Gasteiger charge is -2.16. The molecule has 0 radical (unpaired) electrons. The van der Waals surface area contributed by atoms with Crippen molar-refractivity contribution < 1.29 is 10.2 Å². The number of anilines is 1. The van der Waals surface area contributed by atoms with Gasteiger partial charge in [0.25, 0.3) is 0 Å². The Morgan fingerprint density at radius 1 is 1.30 bits per heavy atom. The summed E-state index contributed by atoms with van der Waals surface area (Å²) >= 11 is 0. The van der Waals surface area contributed by atoms with E-state index in [4.69, 9.17) is 9.98 Å². The first-order valence-electron chi connectivity index (χ1n) is 8.95. The van der Waals surface area contributed by atoms with Gasteiger partial charge < -0.3 is 20.1 Å². The number of hydrogen-bond acceptors (Lipinski definition) is 7. The van der Waals surface area contributed by atoms with Crippen molar-refractivity contribution in [2.24, 2.45) is 4.99 Å². The lowest BCUT2D eigenvalue weighted by atomic mass is 10.3. The molecular weight excluding hydrogens is 350 g/mol. The number of nitrogens with zero attached hydrogens (tertiary/aromatic N) is 5. The number of β-amino-alcohol motifs (C(OH)–C–C–N with tert-alkyl or cyclic N) is 1. The van der Waals surface area contributed by atoms with Gasteiger partial charge in [-0.1, -0.05) is 0 Å². The second-order valence-electron chi connectivity index (χ2n) is 7.04. The summed E-state index contributed by atoms with van der Waals surface area (Å²) in [6, 6.07) is 2.21. The number of aliphatic hydroxyl groups excluding tert-OH is 1. The van der Waals surface area contributed by atoms with Crippen molar-refractivity contribution in [3.8, 4) is 5.88 Å². The molecule has 1 atom stereocenters. The fourth-order valence-electron chi connectivity index (χ4n) is 3.30. The molecule has 2 fully saturated rings. The van der Waals surface area contributed by atoms with Crippen LogP contribution >= 0.6 is 0 Å². The number of rotatable bonds is 3. The van der Waals surface area contributed by atoms with Gasteiger partial charge in [-0.2, -0.15) is 9.61 Å². The van der Waals surface area contributed by atoms with Gasteiger partial charge in [-0.15, -0.1) is 0 Å². The molecule has 3 aromatic rings. The monoisotopic (exact) mass is 369 g/mol. The topological polar surface area (TPSA) is 135 Å². The lowest BCUT2D eigenvalue weighted by molar-refractivity contribution is 0.198. The Balaban J connectivity index is 1.71. The highest BCUT2D eigenvalue weighted by molar-refractivity contribution is 5.58. The van der Waals surface area contributed by atoms with Crippen molar-refractivity contribution >= 4 is 17.5 Å². The van der Waals surface area contributed by atoms with Gasteiger partial charge in [0.05, 0.1) is 18.3 Å². The maximum Gasteiger partial charge on any atom is 0.326 e. The van der Waals surface area contributed by atoms with Crippen LogP contribution in [0.15, 0.2) is 22.1 Å². The number of aliphatic hydroxyl groups is 1. The molecular formula is C17H19N7O3. The molecule has 0 amide bonds. The first-order valence-corrected chi connectivity index (χ1v) is 8.95. The molecule has 1 saturated carbocycles. The highest BCUT2D eigenvalue weighted by atomic mass is 16.3. The van der Waals surface area contributed by atoms with Crippen molar-refractivity contribution in [2.45, 2.75) is 31.4 Å². The Labute approximate surface area is 152 Å². The molecule has 0 spiro atoms. The maximum absolute atomic E-state index is 11.4. The minimum absolute atomic E-state index is 0.235. The number of nitrogens with one attached hydrogen (secondary N) is 2. The molecule has 140 valence electrons. The molecule has 27 heavy (non-hydrogen) atoms. The van der Waals surface area contributed by atoms with Gasteiger partial charge in [0.2, 0.25) is 5.88 Å². The number of aromatic nitrogens is 5. The van der Waals surface area contributed by atoms with Crippen molar-refractivity contribution in [1.29, 1.82) is 0 Å². The van der Waals surface area contributed by atoms with Crippen LogP contribution in [0.3, 0.4) is 0 Å². The maximum atomic E-state index is 11.4. The summed E-state index contributed by atoms with van der Waals surface area (Å²) in [6.07, 6.45) is 5.73. The number of aromatic amines is 2. The van der Waals surface area contributed by atoms with Crippen LogP contribution in [0.4, 0.5) is 5.82 Å². The molecule has 10 heteroatoms. The Kier molecular flexibility index (Phi) is 3.54. The SMILES string of the molecule is O=c1[nH]c(O)c(C=c2cnn3c(=NC4CC4)cc(N4CC[C@H](O)C4)nc23)[nH]1. The van der Waals surface area contributed by atoms with Crippen molar-refractivity contribution in [3.05, 3.63) is 39.1 Å². The van der Waals surface area contributed by atoms with Gasteiger partial charge >= 0.3 is 5.69 Å². The van der Waals surface area contributed by atoms with Crippen LogP contribution < -0.4 is 21.3 Å². The zero-order chi connectivity index (χ0) is 18.5. The number of H-pyrrole nitrogens is 2. The second kappa shape index (κ2) is 5.95. The van der Waals surface area contributed by atoms with E-state index in [1.807, 2.05) is 11.0 Å². The fourth-order valence-corrected chi connectivity index (χ4v) is 3.30. The summed E-state index contributed by atoms with van der Waals surface area (Å²) in [4.78, 5) is 27.7. The summed E-state index contributed by atoms with van der Waals surface area (Å²) in [6.45, 7) is 1.26. The Morgan fingerprint density at radius 3 is 2.81 bits per heavy atom. The van der Waals surface area contributed by atoms with E-state index in [1.165, 1.54) is 0 Å². The van der Waals surface area contributed by atoms with Gasteiger partial charge in [-0.25, -0.2) is 9.78 Å². The zero-order valence-corrected chi connectivity index (χ0v) is 14.5. The molecule has 0 bridgehead atoms. The highest BCUT2D eigenvalue weighted by Crippen LogP contribution is 2.23. The van der Waals surface area contributed by atoms with E-state index in [-0.39, 0.29) is 17.7 Å². The van der Waals surface area contributed by atoms with E-state index in [1.54, 1.807) is 16.8 Å². The summed E-state index contributed by atoms with van der Waals surface area (Å²) in [7, 11) is 0. The number of aromatic hydroxyl groups is 1. The molecule has 2 aliphatic rings. The first-order chi connectivity index (χ1) is 13.1. The summed E-state index contributed by atoms with van der Waals surface area (Å²) < 4.78 is 1.67. The van der Waals surface area contributed by atoms with Crippen molar-refractivity contribution in [1.82, 2.24) is 24.6 Å². The Hall–Kier alpha value is -3.14. The van der Waals surface area contributed by atoms with Crippen LogP contribution in [0.2, 0.25) is 0 Å². The average molecular weight is 369 g/mol. The second-order valence-corrected chi connectivity index (χ2v) is 7.04. The molecule has 3 aromatic heterocycles. The van der Waals surface area contributed by atoms with Crippen LogP contribution in [0.25, 0.3) is 11.7 Å². The molecule has 5 rings (SSSR count). The van der Waals surface area contributed by atoms with Gasteiger partial charge in [0.1, 0.15) is 11.5 Å². The number of hydrogen-bond donors (Lipinski definition) is 4. The fraction of sp³-hybridized carbons (Fsp3) is 0.412. The van der Waals surface area contributed by atoms with Gasteiger partial charge in [-0.3, -0.25) is 9.98 Å². The predicted octanol–water partition coefficient (Wildman–Crippen LogP) is -1.37. The molecule has 4 N–H and O–H groups in total. The van der Waals surface area contributed by atoms with Crippen LogP contribution in [0.1, 0.15) is 25.0 Å². The molecule has 0 aromatic carbocycles. The quantitative estimate of drug-likeness (QED) is 0.450. The van der Waals surface area contributed by atoms with Crippen molar-refractivity contribution in [3.63, 3.8) is 0 Å². The standard InChI is InChI=1S/C17H19N7O3/c25-11-3-4-23(8-11)13-6-14(19-10-1-2-10)24-15(21-13)9(7-18-24)5-12-16(26)22-17(27)20-12/h5-7,10-11,25-26H,1-4,8H2,(H2,20,22,27)/t11-/m0/s1. The molecule has 1 saturated heterocycles. The summed E-state index contributed by atoms with van der Waals surface area (Å²) in [5, 5.41) is 24.7. The Morgan fingerprint density at radius 2 is 2.15 bits per heavy atom. The van der Waals surface area contributed by atoms with E-state index in [0.29, 0.717) is 35.4 Å². The molecule has 0 unspecified atom stereocenters. The third kappa shape index (κ3) is 2.97. The molecule has 1 aliphatic heterocycles. The normalized spacial score (nSPS) is 21.7.